The summed E-state index contributed by atoms with van der Waals surface area (Å²) in [7, 11) is 4.71. The molecular weight excluding hydrogens is 390 g/mol. The number of ether oxygens (including phenoxy) is 3. The highest BCUT2D eigenvalue weighted by Crippen LogP contribution is 2.38. The van der Waals surface area contributed by atoms with Gasteiger partial charge in [-0.2, -0.15) is 0 Å². The Kier molecular flexibility index (Phi) is 4.85. The SMILES string of the molecule is COc1ccccc1NC(=O)c1sc2nc3cc(OC)c(OC)cc3cc2c1N. The first-order valence-corrected chi connectivity index (χ1v) is 9.56. The predicted octanol–water partition coefficient (Wildman–Crippen LogP) is 4.31. The van der Waals surface area contributed by atoms with Crippen molar-refractivity contribution in [3.8, 4) is 17.2 Å². The number of rotatable bonds is 5. The fraction of sp³-hybridized carbons (Fsp3) is 0.143. The second-order valence-electron chi connectivity index (χ2n) is 6.24. The second kappa shape index (κ2) is 7.48. The Morgan fingerprint density at radius 1 is 1.00 bits per heavy atom. The molecule has 0 spiro atoms. The molecule has 0 saturated heterocycles. The number of benzene rings is 2. The van der Waals surface area contributed by atoms with Gasteiger partial charge < -0.3 is 25.3 Å². The Hall–Kier alpha value is -3.52. The van der Waals surface area contributed by atoms with E-state index >= 15 is 0 Å². The summed E-state index contributed by atoms with van der Waals surface area (Å²) in [6.07, 6.45) is 0. The van der Waals surface area contributed by atoms with E-state index in [1.807, 2.05) is 24.3 Å². The summed E-state index contributed by atoms with van der Waals surface area (Å²) in [5.74, 6) is 1.45. The largest absolute Gasteiger partial charge is 0.495 e. The van der Waals surface area contributed by atoms with Gasteiger partial charge in [-0.1, -0.05) is 12.1 Å². The molecule has 0 unspecified atom stereocenters. The number of pyridine rings is 1. The summed E-state index contributed by atoms with van der Waals surface area (Å²) in [6, 6.07) is 12.8. The topological polar surface area (TPSA) is 95.7 Å². The lowest BCUT2D eigenvalue weighted by Gasteiger charge is -2.09. The number of nitrogens with one attached hydrogen (secondary N) is 1. The molecule has 0 aliphatic rings. The van der Waals surface area contributed by atoms with Crippen LogP contribution in [0.1, 0.15) is 9.67 Å². The fourth-order valence-corrected chi connectivity index (χ4v) is 4.10. The van der Waals surface area contributed by atoms with Gasteiger partial charge >= 0.3 is 0 Å². The summed E-state index contributed by atoms with van der Waals surface area (Å²) in [6.45, 7) is 0. The van der Waals surface area contributed by atoms with Gasteiger partial charge in [0.2, 0.25) is 0 Å². The number of carbonyl (C=O) groups excluding carboxylic acids is 1. The molecule has 3 N–H and O–H groups in total. The predicted molar refractivity (Wildman–Crippen MR) is 116 cm³/mol. The molecule has 29 heavy (non-hydrogen) atoms. The van der Waals surface area contributed by atoms with Crippen LogP contribution in [0.5, 0.6) is 17.2 Å². The van der Waals surface area contributed by atoms with Crippen molar-refractivity contribution in [2.45, 2.75) is 0 Å². The molecule has 2 aromatic heterocycles. The van der Waals surface area contributed by atoms with E-state index in [0.29, 0.717) is 38.3 Å². The van der Waals surface area contributed by atoms with Crippen molar-refractivity contribution in [2.24, 2.45) is 0 Å². The van der Waals surface area contributed by atoms with Crippen molar-refractivity contribution in [3.63, 3.8) is 0 Å². The fourth-order valence-electron chi connectivity index (χ4n) is 3.12. The molecule has 1 amide bonds. The molecule has 4 aromatic rings. The van der Waals surface area contributed by atoms with Gasteiger partial charge in [0.15, 0.2) is 11.5 Å². The number of amides is 1. The van der Waals surface area contributed by atoms with Gasteiger partial charge in [0, 0.05) is 16.8 Å². The third-order valence-corrected chi connectivity index (χ3v) is 5.69. The number of nitrogens with two attached hydrogens (primary N) is 1. The number of hydrogen-bond acceptors (Lipinski definition) is 7. The third kappa shape index (κ3) is 3.27. The van der Waals surface area contributed by atoms with Gasteiger partial charge in [0.1, 0.15) is 15.5 Å². The molecule has 2 heterocycles. The quantitative estimate of drug-likeness (QED) is 0.510. The molecule has 0 radical (unpaired) electrons. The summed E-state index contributed by atoms with van der Waals surface area (Å²) < 4.78 is 16.0. The number of aromatic nitrogens is 1. The van der Waals surface area contributed by atoms with Gasteiger partial charge in [-0.3, -0.25) is 4.79 Å². The highest BCUT2D eigenvalue weighted by Gasteiger charge is 2.20. The first kappa shape index (κ1) is 18.8. The summed E-state index contributed by atoms with van der Waals surface area (Å²) in [5.41, 5.74) is 8.00. The maximum absolute atomic E-state index is 12.9. The van der Waals surface area contributed by atoms with E-state index < -0.39 is 0 Å². The van der Waals surface area contributed by atoms with Crippen molar-refractivity contribution >= 4 is 49.7 Å². The molecule has 0 atom stereocenters. The molecule has 0 aliphatic carbocycles. The third-order valence-electron chi connectivity index (χ3n) is 4.58. The number of anilines is 2. The maximum atomic E-state index is 12.9. The number of carbonyl (C=O) groups is 1. The lowest BCUT2D eigenvalue weighted by molar-refractivity contribution is 0.103. The number of hydrogen-bond donors (Lipinski definition) is 2. The normalized spacial score (nSPS) is 10.9. The number of nitrogen functional groups attached to an aromatic ring is 1. The number of nitrogens with zero attached hydrogens (tertiary/aromatic N) is 1. The minimum Gasteiger partial charge on any atom is -0.495 e. The van der Waals surface area contributed by atoms with Crippen molar-refractivity contribution in [1.29, 1.82) is 0 Å². The first-order valence-electron chi connectivity index (χ1n) is 8.74. The molecule has 7 nitrogen and oxygen atoms in total. The molecule has 8 heteroatoms. The van der Waals surface area contributed by atoms with E-state index in [0.717, 1.165) is 16.3 Å². The van der Waals surface area contributed by atoms with Gasteiger partial charge in [-0.25, -0.2) is 4.98 Å². The smallest absolute Gasteiger partial charge is 0.268 e. The van der Waals surface area contributed by atoms with Crippen LogP contribution in [0.2, 0.25) is 0 Å². The van der Waals surface area contributed by atoms with Crippen LogP contribution >= 0.6 is 11.3 Å². The first-order chi connectivity index (χ1) is 14.0. The number of fused-ring (bicyclic) bond motifs is 2. The van der Waals surface area contributed by atoms with Gasteiger partial charge in [-0.05, 0) is 24.3 Å². The van der Waals surface area contributed by atoms with Crippen molar-refractivity contribution in [1.82, 2.24) is 4.98 Å². The van der Waals surface area contributed by atoms with Gasteiger partial charge in [0.25, 0.3) is 5.91 Å². The number of para-hydroxylation sites is 2. The Morgan fingerprint density at radius 2 is 1.69 bits per heavy atom. The Bertz CT molecular complexity index is 1240. The van der Waals surface area contributed by atoms with Crippen molar-refractivity contribution < 1.29 is 19.0 Å². The standard InChI is InChI=1S/C21H19N3O4S/c1-26-15-7-5-4-6-13(15)23-20(25)19-18(22)12-8-11-9-16(27-2)17(28-3)10-14(11)24-21(12)29-19/h4-10H,22H2,1-3H3,(H,23,25). The summed E-state index contributed by atoms with van der Waals surface area (Å²) in [4.78, 5) is 18.6. The van der Waals surface area contributed by atoms with E-state index in [2.05, 4.69) is 10.3 Å². The van der Waals surface area contributed by atoms with Crippen LogP contribution in [-0.4, -0.2) is 32.2 Å². The van der Waals surface area contributed by atoms with Gasteiger partial charge in [0.05, 0.1) is 38.2 Å². The van der Waals surface area contributed by atoms with Crippen LogP contribution in [0.25, 0.3) is 21.1 Å². The van der Waals surface area contributed by atoms with Crippen LogP contribution in [0, 0.1) is 0 Å². The second-order valence-corrected chi connectivity index (χ2v) is 7.24. The Balaban J connectivity index is 1.78. The lowest BCUT2D eigenvalue weighted by Crippen LogP contribution is -2.12. The summed E-state index contributed by atoms with van der Waals surface area (Å²) in [5, 5.41) is 4.42. The van der Waals surface area contributed by atoms with E-state index in [4.69, 9.17) is 19.9 Å². The number of thiophene rings is 1. The zero-order chi connectivity index (χ0) is 20.5. The summed E-state index contributed by atoms with van der Waals surface area (Å²) >= 11 is 1.24. The molecule has 0 saturated carbocycles. The minimum atomic E-state index is -0.311. The molecular formula is C21H19N3O4S. The van der Waals surface area contributed by atoms with Crippen LogP contribution in [0.15, 0.2) is 42.5 Å². The van der Waals surface area contributed by atoms with Crippen LogP contribution in [0.4, 0.5) is 11.4 Å². The zero-order valence-corrected chi connectivity index (χ0v) is 16.9. The van der Waals surface area contributed by atoms with Crippen LogP contribution < -0.4 is 25.3 Å². The molecule has 0 bridgehead atoms. The van der Waals surface area contributed by atoms with E-state index in [1.54, 1.807) is 39.5 Å². The highest BCUT2D eigenvalue weighted by atomic mass is 32.1. The molecule has 0 aliphatic heterocycles. The van der Waals surface area contributed by atoms with Crippen LogP contribution in [-0.2, 0) is 0 Å². The average Bonchev–Trinajstić information content (AvgIpc) is 3.07. The van der Waals surface area contributed by atoms with Crippen molar-refractivity contribution in [3.05, 3.63) is 47.3 Å². The number of methoxy groups -OCH3 is 3. The molecule has 0 fully saturated rings. The molecule has 4 rings (SSSR count). The molecule has 2 aromatic carbocycles. The van der Waals surface area contributed by atoms with E-state index in [1.165, 1.54) is 11.3 Å². The zero-order valence-electron chi connectivity index (χ0n) is 16.1. The maximum Gasteiger partial charge on any atom is 0.268 e. The van der Waals surface area contributed by atoms with E-state index in [-0.39, 0.29) is 5.91 Å². The van der Waals surface area contributed by atoms with E-state index in [9.17, 15) is 4.79 Å². The van der Waals surface area contributed by atoms with Crippen LogP contribution in [0.3, 0.4) is 0 Å². The lowest BCUT2D eigenvalue weighted by atomic mass is 10.1. The highest BCUT2D eigenvalue weighted by molar-refractivity contribution is 7.21. The monoisotopic (exact) mass is 409 g/mol. The Labute approximate surface area is 171 Å². The Morgan fingerprint density at radius 3 is 2.41 bits per heavy atom. The minimum absolute atomic E-state index is 0.311. The average molecular weight is 409 g/mol. The van der Waals surface area contributed by atoms with Crippen molar-refractivity contribution in [2.75, 3.05) is 32.4 Å². The van der Waals surface area contributed by atoms with Gasteiger partial charge in [-0.15, -0.1) is 11.3 Å². The molecule has 148 valence electrons.